The average molecular weight is 239 g/mol. The van der Waals surface area contributed by atoms with Crippen LogP contribution in [0, 0.1) is 25.2 Å². The van der Waals surface area contributed by atoms with Gasteiger partial charge in [0, 0.05) is 11.3 Å². The minimum Gasteiger partial charge on any atom is -0.383 e. The number of hydrogen-bond acceptors (Lipinski definition) is 5. The van der Waals surface area contributed by atoms with Crippen molar-refractivity contribution in [1.29, 1.82) is 5.26 Å². The molecule has 0 bridgehead atoms. The van der Waals surface area contributed by atoms with Gasteiger partial charge >= 0.3 is 0 Å². The lowest BCUT2D eigenvalue weighted by Gasteiger charge is -2.10. The van der Waals surface area contributed by atoms with E-state index in [1.165, 1.54) is 0 Å². The summed E-state index contributed by atoms with van der Waals surface area (Å²) in [5.41, 5.74) is 8.07. The first-order chi connectivity index (χ1) is 8.60. The molecule has 0 radical (unpaired) electrons. The smallest absolute Gasteiger partial charge is 0.139 e. The largest absolute Gasteiger partial charge is 0.383 e. The van der Waals surface area contributed by atoms with Gasteiger partial charge in [0.2, 0.25) is 0 Å². The number of benzene rings is 1. The minimum atomic E-state index is 0.471. The van der Waals surface area contributed by atoms with Gasteiger partial charge in [0.25, 0.3) is 0 Å². The van der Waals surface area contributed by atoms with E-state index < -0.39 is 0 Å². The Morgan fingerprint density at radius 1 is 1.17 bits per heavy atom. The molecule has 3 N–H and O–H groups in total. The van der Waals surface area contributed by atoms with E-state index in [0.29, 0.717) is 23.0 Å². The SMILES string of the molecule is Cc1nc(N)c(C)c(Nc2ccc(C#N)cc2)n1. The molecule has 0 spiro atoms. The van der Waals surface area contributed by atoms with Crippen LogP contribution >= 0.6 is 0 Å². The fraction of sp³-hybridized carbons (Fsp3) is 0.154. The third-order valence-electron chi connectivity index (χ3n) is 2.57. The second kappa shape index (κ2) is 4.72. The number of anilines is 3. The summed E-state index contributed by atoms with van der Waals surface area (Å²) in [6.45, 7) is 3.65. The van der Waals surface area contributed by atoms with E-state index >= 15 is 0 Å². The van der Waals surface area contributed by atoms with Crippen LogP contribution in [0.4, 0.5) is 17.3 Å². The van der Waals surface area contributed by atoms with Crippen molar-refractivity contribution in [1.82, 2.24) is 9.97 Å². The Hall–Kier alpha value is -2.61. The number of nitrogens with zero attached hydrogens (tertiary/aromatic N) is 3. The molecule has 5 nitrogen and oxygen atoms in total. The Morgan fingerprint density at radius 3 is 2.44 bits per heavy atom. The molecule has 0 aliphatic carbocycles. The van der Waals surface area contributed by atoms with Crippen LogP contribution in [0.2, 0.25) is 0 Å². The second-order valence-electron chi connectivity index (χ2n) is 3.94. The molecule has 0 atom stereocenters. The Kier molecular flexibility index (Phi) is 3.11. The number of nitriles is 1. The van der Waals surface area contributed by atoms with Crippen molar-refractivity contribution in [3.05, 3.63) is 41.2 Å². The molecule has 0 unspecified atom stereocenters. The van der Waals surface area contributed by atoms with Gasteiger partial charge in [0.15, 0.2) is 0 Å². The summed E-state index contributed by atoms with van der Waals surface area (Å²) in [5.74, 6) is 1.78. The molecule has 1 aromatic carbocycles. The topological polar surface area (TPSA) is 87.6 Å². The van der Waals surface area contributed by atoms with Crippen LogP contribution in [0.5, 0.6) is 0 Å². The molecule has 0 aliphatic rings. The average Bonchev–Trinajstić information content (AvgIpc) is 2.36. The van der Waals surface area contributed by atoms with Crippen LogP contribution < -0.4 is 11.1 Å². The molecule has 1 aromatic heterocycles. The molecule has 2 rings (SSSR count). The Morgan fingerprint density at radius 2 is 1.83 bits per heavy atom. The highest BCUT2D eigenvalue weighted by Crippen LogP contribution is 2.21. The van der Waals surface area contributed by atoms with Crippen LogP contribution in [0.3, 0.4) is 0 Å². The lowest BCUT2D eigenvalue weighted by Crippen LogP contribution is -2.04. The Labute approximate surface area is 105 Å². The highest BCUT2D eigenvalue weighted by Gasteiger charge is 2.06. The fourth-order valence-electron chi connectivity index (χ4n) is 1.54. The van der Waals surface area contributed by atoms with Gasteiger partial charge in [-0.1, -0.05) is 0 Å². The van der Waals surface area contributed by atoms with E-state index in [1.54, 1.807) is 19.1 Å². The zero-order valence-electron chi connectivity index (χ0n) is 10.2. The predicted molar refractivity (Wildman–Crippen MR) is 70.4 cm³/mol. The van der Waals surface area contributed by atoms with Crippen LogP contribution in [0.15, 0.2) is 24.3 Å². The lowest BCUT2D eigenvalue weighted by atomic mass is 10.2. The van der Waals surface area contributed by atoms with Gasteiger partial charge in [0.05, 0.1) is 11.6 Å². The maximum absolute atomic E-state index is 8.73. The van der Waals surface area contributed by atoms with Crippen molar-refractivity contribution in [2.24, 2.45) is 0 Å². The second-order valence-corrected chi connectivity index (χ2v) is 3.94. The first-order valence-corrected chi connectivity index (χ1v) is 5.48. The molecule has 5 heteroatoms. The van der Waals surface area contributed by atoms with E-state index in [-0.39, 0.29) is 0 Å². The summed E-state index contributed by atoms with van der Waals surface area (Å²) in [6.07, 6.45) is 0. The van der Waals surface area contributed by atoms with Gasteiger partial charge in [-0.25, -0.2) is 9.97 Å². The van der Waals surface area contributed by atoms with Gasteiger partial charge in [-0.15, -0.1) is 0 Å². The number of rotatable bonds is 2. The van der Waals surface area contributed by atoms with E-state index in [1.807, 2.05) is 19.1 Å². The third-order valence-corrected chi connectivity index (χ3v) is 2.57. The zero-order valence-corrected chi connectivity index (χ0v) is 10.2. The van der Waals surface area contributed by atoms with Gasteiger partial charge < -0.3 is 11.1 Å². The van der Waals surface area contributed by atoms with Crippen LogP contribution in [0.25, 0.3) is 0 Å². The number of aryl methyl sites for hydroxylation is 1. The van der Waals surface area contributed by atoms with Gasteiger partial charge in [0.1, 0.15) is 17.5 Å². The third kappa shape index (κ3) is 2.38. The quantitative estimate of drug-likeness (QED) is 0.839. The van der Waals surface area contributed by atoms with Crippen molar-refractivity contribution in [2.45, 2.75) is 13.8 Å². The fourth-order valence-corrected chi connectivity index (χ4v) is 1.54. The zero-order chi connectivity index (χ0) is 13.1. The van der Waals surface area contributed by atoms with E-state index in [4.69, 9.17) is 11.0 Å². The molecular weight excluding hydrogens is 226 g/mol. The monoisotopic (exact) mass is 239 g/mol. The maximum Gasteiger partial charge on any atom is 0.139 e. The molecule has 90 valence electrons. The van der Waals surface area contributed by atoms with Crippen molar-refractivity contribution < 1.29 is 0 Å². The van der Waals surface area contributed by atoms with Crippen molar-refractivity contribution in [3.63, 3.8) is 0 Å². The van der Waals surface area contributed by atoms with Crippen LogP contribution in [0.1, 0.15) is 17.0 Å². The predicted octanol–water partition coefficient (Wildman–Crippen LogP) is 2.29. The molecule has 1 heterocycles. The Bertz CT molecular complexity index is 611. The summed E-state index contributed by atoms with van der Waals surface area (Å²) < 4.78 is 0. The number of nitrogens with two attached hydrogens (primary N) is 1. The first-order valence-electron chi connectivity index (χ1n) is 5.48. The number of nitrogens with one attached hydrogen (secondary N) is 1. The molecule has 0 saturated carbocycles. The maximum atomic E-state index is 8.73. The van der Waals surface area contributed by atoms with Crippen LogP contribution in [-0.4, -0.2) is 9.97 Å². The normalized spacial score (nSPS) is 9.83. The summed E-state index contributed by atoms with van der Waals surface area (Å²) >= 11 is 0. The summed E-state index contributed by atoms with van der Waals surface area (Å²) in [4.78, 5) is 8.39. The van der Waals surface area contributed by atoms with Crippen molar-refractivity contribution >= 4 is 17.3 Å². The molecule has 0 aliphatic heterocycles. The summed E-state index contributed by atoms with van der Waals surface area (Å²) in [7, 11) is 0. The molecule has 2 aromatic rings. The first kappa shape index (κ1) is 11.9. The molecular formula is C13H13N5. The van der Waals surface area contributed by atoms with E-state index in [0.717, 1.165) is 11.3 Å². The van der Waals surface area contributed by atoms with Crippen molar-refractivity contribution in [2.75, 3.05) is 11.1 Å². The van der Waals surface area contributed by atoms with Crippen LogP contribution in [-0.2, 0) is 0 Å². The van der Waals surface area contributed by atoms with Gasteiger partial charge in [-0.05, 0) is 38.1 Å². The van der Waals surface area contributed by atoms with Crippen molar-refractivity contribution in [3.8, 4) is 6.07 Å². The highest BCUT2D eigenvalue weighted by molar-refractivity contribution is 5.64. The van der Waals surface area contributed by atoms with E-state index in [2.05, 4.69) is 21.4 Å². The van der Waals surface area contributed by atoms with Gasteiger partial charge in [-0.3, -0.25) is 0 Å². The van der Waals surface area contributed by atoms with E-state index in [9.17, 15) is 0 Å². The van der Waals surface area contributed by atoms with Gasteiger partial charge in [-0.2, -0.15) is 5.26 Å². The number of nitrogen functional groups attached to an aromatic ring is 1. The highest BCUT2D eigenvalue weighted by atomic mass is 15.1. The minimum absolute atomic E-state index is 0.471. The summed E-state index contributed by atoms with van der Waals surface area (Å²) in [6, 6.07) is 9.21. The Balaban J connectivity index is 2.31. The number of hydrogen-bond donors (Lipinski definition) is 2. The molecule has 18 heavy (non-hydrogen) atoms. The standard InChI is InChI=1S/C13H13N5/c1-8-12(15)16-9(2)17-13(8)18-11-5-3-10(7-14)4-6-11/h3-6H,1-2H3,(H3,15,16,17,18). The number of aromatic nitrogens is 2. The summed E-state index contributed by atoms with van der Waals surface area (Å²) in [5, 5.41) is 11.9. The molecule has 0 amide bonds. The molecule has 0 saturated heterocycles. The lowest BCUT2D eigenvalue weighted by molar-refractivity contribution is 1.04. The molecule has 0 fully saturated rings.